The minimum atomic E-state index is -1.69. The molecule has 3 heteroatoms. The third-order valence-electron chi connectivity index (χ3n) is 6.30. The van der Waals surface area contributed by atoms with E-state index in [1.807, 2.05) is 0 Å². The van der Waals surface area contributed by atoms with E-state index < -0.39 is 8.32 Å². The first-order valence-electron chi connectivity index (χ1n) is 12.2. The van der Waals surface area contributed by atoms with Gasteiger partial charge in [-0.2, -0.15) is 0 Å². The van der Waals surface area contributed by atoms with Crippen LogP contribution in [0.3, 0.4) is 0 Å². The van der Waals surface area contributed by atoms with E-state index in [1.54, 1.807) is 0 Å². The molecule has 0 aromatic heterocycles. The van der Waals surface area contributed by atoms with Gasteiger partial charge in [0, 0.05) is 0 Å². The Hall–Kier alpha value is -0.903. The Bertz CT molecular complexity index is 570. The average molecular weight is 433 g/mol. The van der Waals surface area contributed by atoms with Crippen molar-refractivity contribution in [1.29, 1.82) is 0 Å². The molecule has 0 amide bonds. The standard InChI is InChI=1S/C27H48O2Si/c1-7-8-9-10-11-12-13-14-15-16-17-22-28-23-25-18-20-26(21-19-25)24-29-30(5,6)27(2,3)4/h16-21H,7-15,22-24H2,1-6H3. The smallest absolute Gasteiger partial charge is 0.192 e. The molecule has 0 spiro atoms. The van der Waals surface area contributed by atoms with Crippen LogP contribution in [-0.4, -0.2) is 14.9 Å². The summed E-state index contributed by atoms with van der Waals surface area (Å²) >= 11 is 0. The predicted molar refractivity (Wildman–Crippen MR) is 134 cm³/mol. The summed E-state index contributed by atoms with van der Waals surface area (Å²) in [5.41, 5.74) is 2.47. The summed E-state index contributed by atoms with van der Waals surface area (Å²) in [7, 11) is -1.69. The molecule has 0 heterocycles. The maximum atomic E-state index is 6.30. The first kappa shape index (κ1) is 27.1. The van der Waals surface area contributed by atoms with Crippen molar-refractivity contribution in [1.82, 2.24) is 0 Å². The van der Waals surface area contributed by atoms with Gasteiger partial charge in [-0.15, -0.1) is 0 Å². The van der Waals surface area contributed by atoms with Gasteiger partial charge in [0.25, 0.3) is 0 Å². The topological polar surface area (TPSA) is 18.5 Å². The Morgan fingerprint density at radius 2 is 1.30 bits per heavy atom. The molecule has 0 aliphatic rings. The Kier molecular flexibility index (Phi) is 13.6. The zero-order valence-electron chi connectivity index (χ0n) is 20.8. The molecule has 0 atom stereocenters. The molecule has 0 N–H and O–H groups in total. The number of rotatable bonds is 16. The Morgan fingerprint density at radius 1 is 0.767 bits per heavy atom. The number of unbranched alkanes of at least 4 members (excludes halogenated alkanes) is 8. The Labute approximate surface area is 188 Å². The molecule has 0 saturated heterocycles. The molecule has 1 rings (SSSR count). The SMILES string of the molecule is CCCCCCCCCCC=CCOCc1ccc(CO[Si](C)(C)C(C)(C)C)cc1. The zero-order chi connectivity index (χ0) is 22.3. The number of ether oxygens (including phenoxy) is 1. The fraction of sp³-hybridized carbons (Fsp3) is 0.704. The second kappa shape index (κ2) is 15.0. The molecule has 0 radical (unpaired) electrons. The highest BCUT2D eigenvalue weighted by molar-refractivity contribution is 6.74. The van der Waals surface area contributed by atoms with Crippen LogP contribution in [0, 0.1) is 0 Å². The van der Waals surface area contributed by atoms with Crippen LogP contribution in [-0.2, 0) is 22.4 Å². The highest BCUT2D eigenvalue weighted by atomic mass is 28.4. The van der Waals surface area contributed by atoms with Gasteiger partial charge in [0.1, 0.15) is 0 Å². The molecule has 0 unspecified atom stereocenters. The van der Waals surface area contributed by atoms with E-state index >= 15 is 0 Å². The van der Waals surface area contributed by atoms with Crippen LogP contribution in [0.2, 0.25) is 18.1 Å². The lowest BCUT2D eigenvalue weighted by Crippen LogP contribution is -2.40. The van der Waals surface area contributed by atoms with Crippen molar-refractivity contribution in [2.24, 2.45) is 0 Å². The van der Waals surface area contributed by atoms with Crippen molar-refractivity contribution in [2.75, 3.05) is 6.61 Å². The normalized spacial score (nSPS) is 12.7. The molecule has 0 bridgehead atoms. The van der Waals surface area contributed by atoms with Crippen molar-refractivity contribution in [2.45, 2.75) is 117 Å². The van der Waals surface area contributed by atoms with Gasteiger partial charge in [-0.3, -0.25) is 0 Å². The van der Waals surface area contributed by atoms with Gasteiger partial charge in [0.15, 0.2) is 8.32 Å². The number of hydrogen-bond donors (Lipinski definition) is 0. The van der Waals surface area contributed by atoms with E-state index in [-0.39, 0.29) is 5.04 Å². The van der Waals surface area contributed by atoms with Crippen molar-refractivity contribution in [3.8, 4) is 0 Å². The van der Waals surface area contributed by atoms with Crippen LogP contribution >= 0.6 is 0 Å². The highest BCUT2D eigenvalue weighted by Gasteiger charge is 2.36. The summed E-state index contributed by atoms with van der Waals surface area (Å²) in [4.78, 5) is 0. The third-order valence-corrected chi connectivity index (χ3v) is 10.8. The van der Waals surface area contributed by atoms with E-state index in [4.69, 9.17) is 9.16 Å². The van der Waals surface area contributed by atoms with Crippen LogP contribution in [0.4, 0.5) is 0 Å². The monoisotopic (exact) mass is 432 g/mol. The molecule has 172 valence electrons. The van der Waals surface area contributed by atoms with E-state index in [0.29, 0.717) is 19.8 Å². The van der Waals surface area contributed by atoms with Gasteiger partial charge < -0.3 is 9.16 Å². The van der Waals surface area contributed by atoms with Crippen molar-refractivity contribution < 1.29 is 9.16 Å². The number of allylic oxidation sites excluding steroid dienone is 1. The van der Waals surface area contributed by atoms with E-state index in [9.17, 15) is 0 Å². The van der Waals surface area contributed by atoms with Crippen molar-refractivity contribution in [3.63, 3.8) is 0 Å². The van der Waals surface area contributed by atoms with Gasteiger partial charge in [-0.05, 0) is 42.1 Å². The van der Waals surface area contributed by atoms with Crippen LogP contribution in [0.5, 0.6) is 0 Å². The molecule has 30 heavy (non-hydrogen) atoms. The first-order valence-corrected chi connectivity index (χ1v) is 15.1. The number of hydrogen-bond acceptors (Lipinski definition) is 2. The summed E-state index contributed by atoms with van der Waals surface area (Å²) < 4.78 is 12.1. The fourth-order valence-electron chi connectivity index (χ4n) is 3.04. The van der Waals surface area contributed by atoms with Crippen LogP contribution in [0.1, 0.15) is 96.6 Å². The van der Waals surface area contributed by atoms with Gasteiger partial charge in [-0.1, -0.05) is 109 Å². The second-order valence-corrected chi connectivity index (χ2v) is 14.9. The molecular weight excluding hydrogens is 384 g/mol. The van der Waals surface area contributed by atoms with Gasteiger partial charge in [-0.25, -0.2) is 0 Å². The zero-order valence-corrected chi connectivity index (χ0v) is 21.8. The van der Waals surface area contributed by atoms with Crippen LogP contribution in [0.15, 0.2) is 36.4 Å². The number of benzene rings is 1. The third kappa shape index (κ3) is 12.1. The van der Waals surface area contributed by atoms with Gasteiger partial charge in [0.05, 0.1) is 19.8 Å². The Balaban J connectivity index is 2.10. The Morgan fingerprint density at radius 3 is 1.87 bits per heavy atom. The molecular formula is C27H48O2Si. The largest absolute Gasteiger partial charge is 0.413 e. The average Bonchev–Trinajstić information content (AvgIpc) is 2.70. The van der Waals surface area contributed by atoms with Crippen molar-refractivity contribution >= 4 is 8.32 Å². The molecule has 0 saturated carbocycles. The fourth-order valence-corrected chi connectivity index (χ4v) is 4.00. The maximum Gasteiger partial charge on any atom is 0.192 e. The lowest BCUT2D eigenvalue weighted by molar-refractivity contribution is 0.148. The van der Waals surface area contributed by atoms with E-state index in [1.165, 1.54) is 68.9 Å². The first-order chi connectivity index (χ1) is 14.3. The lowest BCUT2D eigenvalue weighted by atomic mass is 10.1. The summed E-state index contributed by atoms with van der Waals surface area (Å²) in [6.07, 6.45) is 16.7. The molecule has 0 aliphatic heterocycles. The minimum Gasteiger partial charge on any atom is -0.413 e. The van der Waals surface area contributed by atoms with Crippen molar-refractivity contribution in [3.05, 3.63) is 47.5 Å². The summed E-state index contributed by atoms with van der Waals surface area (Å²) in [6, 6.07) is 8.66. The molecule has 0 fully saturated rings. The maximum absolute atomic E-state index is 6.30. The summed E-state index contributed by atoms with van der Waals surface area (Å²) in [5, 5.41) is 0.253. The minimum absolute atomic E-state index is 0.253. The lowest BCUT2D eigenvalue weighted by Gasteiger charge is -2.36. The van der Waals surface area contributed by atoms with Crippen LogP contribution < -0.4 is 0 Å². The highest BCUT2D eigenvalue weighted by Crippen LogP contribution is 2.37. The van der Waals surface area contributed by atoms with Gasteiger partial charge in [0.2, 0.25) is 0 Å². The summed E-state index contributed by atoms with van der Waals surface area (Å²) in [5.74, 6) is 0. The molecule has 1 aromatic carbocycles. The molecule has 0 aliphatic carbocycles. The molecule has 1 aromatic rings. The van der Waals surface area contributed by atoms with E-state index in [2.05, 4.69) is 77.2 Å². The predicted octanol–water partition coefficient (Wildman–Crippen LogP) is 8.81. The second-order valence-electron chi connectivity index (χ2n) is 10.1. The quantitative estimate of drug-likeness (QED) is 0.147. The molecule has 2 nitrogen and oxygen atoms in total. The van der Waals surface area contributed by atoms with E-state index in [0.717, 1.165) is 0 Å². The van der Waals surface area contributed by atoms with Crippen LogP contribution in [0.25, 0.3) is 0 Å². The van der Waals surface area contributed by atoms with Gasteiger partial charge >= 0.3 is 0 Å². The summed E-state index contributed by atoms with van der Waals surface area (Å²) in [6.45, 7) is 15.8.